The number of halogens is 1. The van der Waals surface area contributed by atoms with E-state index in [1.54, 1.807) is 25.1 Å². The van der Waals surface area contributed by atoms with Crippen molar-refractivity contribution in [2.24, 2.45) is 0 Å². The first-order chi connectivity index (χ1) is 19.4. The van der Waals surface area contributed by atoms with Crippen LogP contribution in [0.1, 0.15) is 47.3 Å². The van der Waals surface area contributed by atoms with Gasteiger partial charge in [-0.1, -0.05) is 54.1 Å². The van der Waals surface area contributed by atoms with Gasteiger partial charge >= 0.3 is 0 Å². The van der Waals surface area contributed by atoms with Gasteiger partial charge in [0, 0.05) is 36.9 Å². The van der Waals surface area contributed by atoms with E-state index in [4.69, 9.17) is 16.3 Å². The van der Waals surface area contributed by atoms with Crippen molar-refractivity contribution in [1.82, 2.24) is 20.2 Å². The molecule has 3 aromatic rings. The van der Waals surface area contributed by atoms with Crippen molar-refractivity contribution in [2.45, 2.75) is 50.5 Å². The molecule has 1 saturated heterocycles. The second kappa shape index (κ2) is 12.3. The number of ether oxygens (including phenoxy) is 1. The van der Waals surface area contributed by atoms with Crippen LogP contribution in [0, 0.1) is 0 Å². The van der Waals surface area contributed by atoms with Crippen molar-refractivity contribution in [1.29, 1.82) is 0 Å². The fraction of sp³-hybridized carbons (Fsp3) is 0.379. The highest BCUT2D eigenvalue weighted by Crippen LogP contribution is 2.32. The van der Waals surface area contributed by atoms with Crippen LogP contribution in [0.3, 0.4) is 0 Å². The molecule has 2 aliphatic heterocycles. The van der Waals surface area contributed by atoms with Gasteiger partial charge in [0.1, 0.15) is 6.04 Å². The van der Waals surface area contributed by atoms with Crippen LogP contribution < -0.4 is 10.6 Å². The minimum atomic E-state index is -1.13. The molecular weight excluding hydrogens is 534 g/mol. The van der Waals surface area contributed by atoms with Gasteiger partial charge in [-0.15, -0.1) is 0 Å². The van der Waals surface area contributed by atoms with E-state index in [2.05, 4.69) is 20.6 Å². The van der Waals surface area contributed by atoms with Crippen LogP contribution in [0.4, 0.5) is 5.95 Å². The summed E-state index contributed by atoms with van der Waals surface area (Å²) in [5.74, 6) is -0.491. The minimum Gasteiger partial charge on any atom is -0.394 e. The molecule has 5 rings (SSSR count). The molecular formula is C29H32ClN5O5. The molecule has 210 valence electrons. The minimum absolute atomic E-state index is 0.159. The third-order valence-electron chi connectivity index (χ3n) is 7.30. The van der Waals surface area contributed by atoms with Gasteiger partial charge in [0.25, 0.3) is 5.91 Å². The summed E-state index contributed by atoms with van der Waals surface area (Å²) in [6.07, 6.45) is 2.36. The van der Waals surface area contributed by atoms with Crippen molar-refractivity contribution in [3.05, 3.63) is 76.4 Å². The number of benzene rings is 2. The number of carbonyl (C=O) groups is 2. The first kappa shape index (κ1) is 28.0. The van der Waals surface area contributed by atoms with E-state index in [0.29, 0.717) is 41.0 Å². The third kappa shape index (κ3) is 5.95. The lowest BCUT2D eigenvalue weighted by Crippen LogP contribution is -2.51. The van der Waals surface area contributed by atoms with E-state index < -0.39 is 30.7 Å². The van der Waals surface area contributed by atoms with Crippen LogP contribution >= 0.6 is 11.6 Å². The molecule has 2 aliphatic rings. The molecule has 0 unspecified atom stereocenters. The van der Waals surface area contributed by atoms with Crippen LogP contribution in [0.15, 0.2) is 54.7 Å². The molecule has 2 amide bonds. The highest BCUT2D eigenvalue weighted by Gasteiger charge is 2.37. The van der Waals surface area contributed by atoms with E-state index in [0.717, 1.165) is 24.0 Å². The number of hydrogen-bond donors (Lipinski definition) is 4. The Bertz CT molecular complexity index is 1370. The topological polar surface area (TPSA) is 137 Å². The summed E-state index contributed by atoms with van der Waals surface area (Å²) in [5.41, 5.74) is 2.97. The number of hydrogen-bond acceptors (Lipinski definition) is 8. The number of amides is 2. The number of aliphatic hydroxyl groups is 2. The molecule has 40 heavy (non-hydrogen) atoms. The maximum atomic E-state index is 13.5. The Balaban J connectivity index is 1.34. The molecule has 0 bridgehead atoms. The van der Waals surface area contributed by atoms with E-state index in [9.17, 15) is 19.8 Å². The second-order valence-electron chi connectivity index (χ2n) is 10.1. The van der Waals surface area contributed by atoms with Gasteiger partial charge in [-0.3, -0.25) is 9.59 Å². The number of aromatic nitrogens is 2. The first-order valence-electron chi connectivity index (χ1n) is 13.3. The lowest BCUT2D eigenvalue weighted by atomic mass is 10.0. The number of anilines is 1. The molecule has 0 spiro atoms. The molecule has 2 aromatic carbocycles. The van der Waals surface area contributed by atoms with Crippen molar-refractivity contribution >= 4 is 29.4 Å². The largest absolute Gasteiger partial charge is 0.394 e. The Morgan fingerprint density at radius 2 is 1.95 bits per heavy atom. The molecule has 0 aliphatic carbocycles. The van der Waals surface area contributed by atoms with Crippen LogP contribution in [0.25, 0.3) is 11.3 Å². The smallest absolute Gasteiger partial charge is 0.255 e. The number of nitrogens with one attached hydrogen (secondary N) is 2. The maximum absolute atomic E-state index is 13.5. The van der Waals surface area contributed by atoms with Crippen molar-refractivity contribution < 1.29 is 24.5 Å². The predicted octanol–water partition coefficient (Wildman–Crippen LogP) is 2.94. The van der Waals surface area contributed by atoms with Crippen LogP contribution in [0.5, 0.6) is 0 Å². The Morgan fingerprint density at radius 3 is 2.65 bits per heavy atom. The summed E-state index contributed by atoms with van der Waals surface area (Å²) >= 11 is 6.45. The van der Waals surface area contributed by atoms with Crippen molar-refractivity contribution in [2.75, 3.05) is 25.1 Å². The molecule has 0 saturated carbocycles. The van der Waals surface area contributed by atoms with Crippen LogP contribution in [-0.2, 0) is 16.1 Å². The summed E-state index contributed by atoms with van der Waals surface area (Å²) < 4.78 is 5.41. The SMILES string of the molecule is C[C@H](O)[C@@H](NC(=O)[C@@H](CO)N1Cc2ccc(-c3nc(NC4CCOCC4)ncc3Cl)cc2C1=O)c1ccccc1. The number of rotatable bonds is 9. The lowest BCUT2D eigenvalue weighted by molar-refractivity contribution is -0.128. The summed E-state index contributed by atoms with van der Waals surface area (Å²) in [5, 5.41) is 26.9. The third-order valence-corrected chi connectivity index (χ3v) is 7.58. The molecule has 10 nitrogen and oxygen atoms in total. The second-order valence-corrected chi connectivity index (χ2v) is 10.5. The normalized spacial score (nSPS) is 17.7. The molecule has 0 radical (unpaired) electrons. The molecule has 4 N–H and O–H groups in total. The summed E-state index contributed by atoms with van der Waals surface area (Å²) in [6.45, 7) is 2.53. The molecule has 11 heteroatoms. The number of carbonyl (C=O) groups excluding carboxylic acids is 2. The number of aliphatic hydroxyl groups excluding tert-OH is 2. The van der Waals surface area contributed by atoms with Gasteiger partial charge in [-0.05, 0) is 37.0 Å². The Labute approximate surface area is 237 Å². The van der Waals surface area contributed by atoms with E-state index >= 15 is 0 Å². The summed E-state index contributed by atoms with van der Waals surface area (Å²) in [4.78, 5) is 37.0. The Hall–Kier alpha value is -3.57. The van der Waals surface area contributed by atoms with Gasteiger partial charge in [0.2, 0.25) is 11.9 Å². The molecule has 3 atom stereocenters. The molecule has 1 fully saturated rings. The quantitative estimate of drug-likeness (QED) is 0.311. The summed E-state index contributed by atoms with van der Waals surface area (Å²) in [6, 6.07) is 12.8. The average Bonchev–Trinajstić information content (AvgIpc) is 3.29. The lowest BCUT2D eigenvalue weighted by Gasteiger charge is -2.29. The zero-order valence-electron chi connectivity index (χ0n) is 22.1. The van der Waals surface area contributed by atoms with E-state index in [-0.39, 0.29) is 18.5 Å². The number of fused-ring (bicyclic) bond motifs is 1. The predicted molar refractivity (Wildman–Crippen MR) is 150 cm³/mol. The highest BCUT2D eigenvalue weighted by atomic mass is 35.5. The standard InChI is InChI=1S/C29H32ClN5O5/c1-17(37)25(18-5-3-2-4-6-18)33-27(38)24(16-36)35-15-20-8-7-19(13-22(20)28(35)39)26-23(30)14-31-29(34-26)32-21-9-11-40-12-10-21/h2-8,13-14,17,21,24-25,36-37H,9-12,15-16H2,1H3,(H,33,38)(H,31,32,34)/t17-,24+,25+/m0/s1. The molecule has 1 aromatic heterocycles. The zero-order chi connectivity index (χ0) is 28.2. The van der Waals surface area contributed by atoms with Crippen LogP contribution in [-0.4, -0.2) is 74.9 Å². The van der Waals surface area contributed by atoms with Crippen molar-refractivity contribution in [3.8, 4) is 11.3 Å². The number of nitrogens with zero attached hydrogens (tertiary/aromatic N) is 3. The summed E-state index contributed by atoms with van der Waals surface area (Å²) in [7, 11) is 0. The first-order valence-corrected chi connectivity index (χ1v) is 13.7. The van der Waals surface area contributed by atoms with E-state index in [1.165, 1.54) is 11.1 Å². The van der Waals surface area contributed by atoms with E-state index in [1.807, 2.05) is 30.3 Å². The Kier molecular flexibility index (Phi) is 8.60. The highest BCUT2D eigenvalue weighted by molar-refractivity contribution is 6.33. The van der Waals surface area contributed by atoms with Gasteiger partial charge in [-0.2, -0.15) is 0 Å². The van der Waals surface area contributed by atoms with Gasteiger partial charge in [0.15, 0.2) is 0 Å². The van der Waals surface area contributed by atoms with Gasteiger partial charge < -0.3 is 30.5 Å². The monoisotopic (exact) mass is 565 g/mol. The maximum Gasteiger partial charge on any atom is 0.255 e. The zero-order valence-corrected chi connectivity index (χ0v) is 22.8. The average molecular weight is 566 g/mol. The van der Waals surface area contributed by atoms with Crippen molar-refractivity contribution in [3.63, 3.8) is 0 Å². The Morgan fingerprint density at radius 1 is 1.20 bits per heavy atom. The van der Waals surface area contributed by atoms with Gasteiger partial charge in [0.05, 0.1) is 35.7 Å². The van der Waals surface area contributed by atoms with Crippen LogP contribution in [0.2, 0.25) is 5.02 Å². The molecule has 3 heterocycles. The fourth-order valence-corrected chi connectivity index (χ4v) is 5.30. The fourth-order valence-electron chi connectivity index (χ4n) is 5.10. The van der Waals surface area contributed by atoms with Gasteiger partial charge in [-0.25, -0.2) is 9.97 Å².